The van der Waals surface area contributed by atoms with E-state index >= 15 is 0 Å². The van der Waals surface area contributed by atoms with Crippen LogP contribution in [0.3, 0.4) is 0 Å². The van der Waals surface area contributed by atoms with Crippen LogP contribution in [-0.2, 0) is 14.6 Å². The molecular weight excluding hydrogens is 300 g/mol. The van der Waals surface area contributed by atoms with Gasteiger partial charge in [0.25, 0.3) is 0 Å². The number of carbonyl (C=O) groups is 1. The molecule has 1 aromatic carbocycles. The zero-order valence-electron chi connectivity index (χ0n) is 12.9. The minimum atomic E-state index is -3.25. The summed E-state index contributed by atoms with van der Waals surface area (Å²) in [5.41, 5.74) is 0.755. The molecule has 22 heavy (non-hydrogen) atoms. The van der Waals surface area contributed by atoms with Crippen molar-refractivity contribution in [2.24, 2.45) is 5.92 Å². The van der Waals surface area contributed by atoms with E-state index < -0.39 is 9.84 Å². The van der Waals surface area contributed by atoms with E-state index in [1.54, 1.807) is 12.1 Å². The van der Waals surface area contributed by atoms with Gasteiger partial charge >= 0.3 is 0 Å². The molecule has 2 fully saturated rings. The highest BCUT2D eigenvalue weighted by Gasteiger charge is 2.34. The van der Waals surface area contributed by atoms with E-state index in [9.17, 15) is 13.2 Å². The topological polar surface area (TPSA) is 57.7 Å². The van der Waals surface area contributed by atoms with Crippen molar-refractivity contribution in [1.82, 2.24) is 4.90 Å². The zero-order chi connectivity index (χ0) is 15.7. The number of amides is 1. The van der Waals surface area contributed by atoms with Crippen LogP contribution in [0.4, 0.5) is 5.69 Å². The Hall–Kier alpha value is -1.56. The summed E-state index contributed by atoms with van der Waals surface area (Å²) < 4.78 is 23.9. The standard InChI is InChI=1S/C16H22N2O3S/c1-22(20,21)15-6-3-2-5-14(15)17-9-4-10-18(12-11-17)16(19)13-7-8-13/h2-3,5-6,13H,4,7-12H2,1H3. The third kappa shape index (κ3) is 3.27. The largest absolute Gasteiger partial charge is 0.369 e. The van der Waals surface area contributed by atoms with Gasteiger partial charge in [-0.15, -0.1) is 0 Å². The van der Waals surface area contributed by atoms with Crippen LogP contribution < -0.4 is 4.90 Å². The van der Waals surface area contributed by atoms with Crippen molar-refractivity contribution < 1.29 is 13.2 Å². The van der Waals surface area contributed by atoms with E-state index in [1.807, 2.05) is 17.0 Å². The third-order valence-electron chi connectivity index (χ3n) is 4.34. The SMILES string of the molecule is CS(=O)(=O)c1ccccc1N1CCCN(C(=O)C2CC2)CC1. The van der Waals surface area contributed by atoms with E-state index in [2.05, 4.69) is 4.90 Å². The molecule has 5 nitrogen and oxygen atoms in total. The molecule has 1 aromatic rings. The highest BCUT2D eigenvalue weighted by atomic mass is 32.2. The van der Waals surface area contributed by atoms with Gasteiger partial charge in [-0.05, 0) is 31.4 Å². The van der Waals surface area contributed by atoms with Crippen LogP contribution in [0.25, 0.3) is 0 Å². The van der Waals surface area contributed by atoms with Crippen molar-refractivity contribution in [2.75, 3.05) is 37.3 Å². The van der Waals surface area contributed by atoms with E-state index in [-0.39, 0.29) is 11.8 Å². The van der Waals surface area contributed by atoms with Crippen molar-refractivity contribution >= 4 is 21.4 Å². The maximum Gasteiger partial charge on any atom is 0.225 e. The number of rotatable bonds is 3. The molecule has 120 valence electrons. The maximum atomic E-state index is 12.2. The smallest absolute Gasteiger partial charge is 0.225 e. The molecule has 6 heteroatoms. The molecule has 0 spiro atoms. The van der Waals surface area contributed by atoms with Crippen molar-refractivity contribution in [3.8, 4) is 0 Å². The van der Waals surface area contributed by atoms with Gasteiger partial charge < -0.3 is 9.80 Å². The summed E-state index contributed by atoms with van der Waals surface area (Å²) in [6.45, 7) is 2.91. The second-order valence-electron chi connectivity index (χ2n) is 6.18. The molecule has 1 saturated heterocycles. The van der Waals surface area contributed by atoms with Gasteiger partial charge in [0.05, 0.1) is 10.6 Å². The molecule has 0 atom stereocenters. The molecule has 2 aliphatic rings. The van der Waals surface area contributed by atoms with Crippen LogP contribution in [0, 0.1) is 5.92 Å². The molecule has 1 heterocycles. The van der Waals surface area contributed by atoms with Crippen molar-refractivity contribution in [1.29, 1.82) is 0 Å². The number of sulfone groups is 1. The number of hydrogen-bond donors (Lipinski definition) is 0. The Balaban J connectivity index is 1.78. The average Bonchev–Trinajstić information content (AvgIpc) is 3.32. The van der Waals surface area contributed by atoms with Crippen LogP contribution in [-0.4, -0.2) is 51.7 Å². The first-order chi connectivity index (χ1) is 10.5. The fraction of sp³-hybridized carbons (Fsp3) is 0.562. The Labute approximate surface area is 131 Å². The Morgan fingerprint density at radius 1 is 1.09 bits per heavy atom. The van der Waals surface area contributed by atoms with Crippen LogP contribution in [0.2, 0.25) is 0 Å². The number of para-hydroxylation sites is 1. The van der Waals surface area contributed by atoms with Gasteiger partial charge in [0, 0.05) is 38.4 Å². The summed E-state index contributed by atoms with van der Waals surface area (Å²) in [5, 5.41) is 0. The fourth-order valence-electron chi connectivity index (χ4n) is 3.00. The molecule has 0 bridgehead atoms. The number of carbonyl (C=O) groups excluding carboxylic acids is 1. The van der Waals surface area contributed by atoms with E-state index in [4.69, 9.17) is 0 Å². The molecule has 1 saturated carbocycles. The molecule has 1 aliphatic carbocycles. The first-order valence-corrected chi connectivity index (χ1v) is 9.69. The lowest BCUT2D eigenvalue weighted by atomic mass is 10.2. The highest BCUT2D eigenvalue weighted by Crippen LogP contribution is 2.32. The summed E-state index contributed by atoms with van der Waals surface area (Å²) in [6, 6.07) is 7.13. The summed E-state index contributed by atoms with van der Waals surface area (Å²) in [6.07, 6.45) is 4.16. The first kappa shape index (κ1) is 15.3. The van der Waals surface area contributed by atoms with Crippen LogP contribution in [0.1, 0.15) is 19.3 Å². The van der Waals surface area contributed by atoms with Crippen LogP contribution in [0.15, 0.2) is 29.2 Å². The Morgan fingerprint density at radius 3 is 2.50 bits per heavy atom. The predicted octanol–water partition coefficient (Wildman–Crippen LogP) is 1.54. The second-order valence-corrected chi connectivity index (χ2v) is 8.16. The maximum absolute atomic E-state index is 12.2. The highest BCUT2D eigenvalue weighted by molar-refractivity contribution is 7.90. The Kier molecular flexibility index (Phi) is 4.12. The van der Waals surface area contributed by atoms with Crippen molar-refractivity contribution in [3.63, 3.8) is 0 Å². The monoisotopic (exact) mass is 322 g/mol. The molecule has 0 unspecified atom stereocenters. The normalized spacial score (nSPS) is 19.9. The number of benzene rings is 1. The zero-order valence-corrected chi connectivity index (χ0v) is 13.7. The minimum absolute atomic E-state index is 0.245. The fourth-order valence-corrected chi connectivity index (χ4v) is 3.90. The average molecular weight is 322 g/mol. The van der Waals surface area contributed by atoms with Gasteiger partial charge in [-0.3, -0.25) is 4.79 Å². The van der Waals surface area contributed by atoms with Crippen molar-refractivity contribution in [2.45, 2.75) is 24.2 Å². The van der Waals surface area contributed by atoms with Gasteiger partial charge in [-0.25, -0.2) is 8.42 Å². The summed E-state index contributed by atoms with van der Waals surface area (Å²) in [4.78, 5) is 16.6. The first-order valence-electron chi connectivity index (χ1n) is 7.79. The number of hydrogen-bond acceptors (Lipinski definition) is 4. The van der Waals surface area contributed by atoms with Gasteiger partial charge in [-0.1, -0.05) is 12.1 Å². The summed E-state index contributed by atoms with van der Waals surface area (Å²) in [7, 11) is -3.25. The quantitative estimate of drug-likeness (QED) is 0.847. The second kappa shape index (κ2) is 5.91. The lowest BCUT2D eigenvalue weighted by molar-refractivity contribution is -0.132. The molecular formula is C16H22N2O3S. The lowest BCUT2D eigenvalue weighted by Crippen LogP contribution is -2.36. The van der Waals surface area contributed by atoms with Gasteiger partial charge in [0.2, 0.25) is 5.91 Å². The minimum Gasteiger partial charge on any atom is -0.369 e. The number of anilines is 1. The Bertz CT molecular complexity index is 668. The molecule has 1 amide bonds. The van der Waals surface area contributed by atoms with E-state index in [0.717, 1.165) is 38.0 Å². The summed E-state index contributed by atoms with van der Waals surface area (Å²) >= 11 is 0. The van der Waals surface area contributed by atoms with E-state index in [0.29, 0.717) is 18.0 Å². The molecule has 0 radical (unpaired) electrons. The lowest BCUT2D eigenvalue weighted by Gasteiger charge is -2.25. The summed E-state index contributed by atoms with van der Waals surface area (Å²) in [5.74, 6) is 0.521. The molecule has 0 aromatic heterocycles. The van der Waals surface area contributed by atoms with Gasteiger partial charge in [0.15, 0.2) is 9.84 Å². The molecule has 3 rings (SSSR count). The van der Waals surface area contributed by atoms with Crippen LogP contribution >= 0.6 is 0 Å². The molecule has 0 N–H and O–H groups in total. The van der Waals surface area contributed by atoms with Crippen molar-refractivity contribution in [3.05, 3.63) is 24.3 Å². The molecule has 1 aliphatic heterocycles. The third-order valence-corrected chi connectivity index (χ3v) is 5.48. The van der Waals surface area contributed by atoms with E-state index in [1.165, 1.54) is 6.26 Å². The number of nitrogens with zero attached hydrogens (tertiary/aromatic N) is 2. The van der Waals surface area contributed by atoms with Gasteiger partial charge in [0.1, 0.15) is 0 Å². The van der Waals surface area contributed by atoms with Crippen LogP contribution in [0.5, 0.6) is 0 Å². The van der Waals surface area contributed by atoms with Gasteiger partial charge in [-0.2, -0.15) is 0 Å². The Morgan fingerprint density at radius 2 is 1.82 bits per heavy atom. The predicted molar refractivity (Wildman–Crippen MR) is 85.7 cm³/mol.